The quantitative estimate of drug-likeness (QED) is 0.239. The number of rotatable bonds is 6. The molecule has 1 aliphatic heterocycles. The van der Waals surface area contributed by atoms with E-state index in [1.165, 1.54) is 0 Å². The fourth-order valence-corrected chi connectivity index (χ4v) is 6.21. The van der Waals surface area contributed by atoms with Crippen molar-refractivity contribution in [3.05, 3.63) is 147 Å². The van der Waals surface area contributed by atoms with Crippen LogP contribution in [0.3, 0.4) is 0 Å². The summed E-state index contributed by atoms with van der Waals surface area (Å²) in [6, 6.07) is 33.4. The van der Waals surface area contributed by atoms with E-state index in [1.54, 1.807) is 11.0 Å². The van der Waals surface area contributed by atoms with Gasteiger partial charge in [0.15, 0.2) is 6.10 Å². The number of nitrogens with one attached hydrogen (secondary N) is 1. The van der Waals surface area contributed by atoms with Gasteiger partial charge < -0.3 is 15.0 Å². The van der Waals surface area contributed by atoms with E-state index in [4.69, 9.17) is 16.6 Å². The third-order valence-electron chi connectivity index (χ3n) is 8.74. The zero-order chi connectivity index (χ0) is 29.6. The van der Waals surface area contributed by atoms with Crippen LogP contribution in [0, 0.1) is 0 Å². The highest BCUT2D eigenvalue weighted by Gasteiger charge is 2.48. The predicted octanol–water partition coefficient (Wildman–Crippen LogP) is 6.46. The Morgan fingerprint density at radius 1 is 0.860 bits per heavy atom. The number of carbonyl (C=O) groups excluding carboxylic acids is 1. The topological polar surface area (TPSA) is 86.3 Å². The number of halogens is 1. The van der Waals surface area contributed by atoms with Crippen LogP contribution in [0.5, 0.6) is 0 Å². The summed E-state index contributed by atoms with van der Waals surface area (Å²) in [4.78, 5) is 36.2. The Balaban J connectivity index is 1.08. The van der Waals surface area contributed by atoms with Crippen LogP contribution in [-0.2, 0) is 23.2 Å². The maximum absolute atomic E-state index is 13.4. The summed E-state index contributed by atoms with van der Waals surface area (Å²) in [6.07, 6.45) is 1.02. The highest BCUT2D eigenvalue weighted by Crippen LogP contribution is 2.52. The summed E-state index contributed by atoms with van der Waals surface area (Å²) in [5.74, 6) is 0.285. The molecule has 1 unspecified atom stereocenters. The van der Waals surface area contributed by atoms with Crippen LogP contribution in [0.1, 0.15) is 47.2 Å². The van der Waals surface area contributed by atoms with Crippen molar-refractivity contribution in [2.75, 3.05) is 6.54 Å². The van der Waals surface area contributed by atoms with E-state index in [0.29, 0.717) is 34.9 Å². The van der Waals surface area contributed by atoms with E-state index in [9.17, 15) is 14.7 Å². The van der Waals surface area contributed by atoms with Crippen LogP contribution >= 0.6 is 11.6 Å². The molecule has 1 amide bonds. The molecule has 43 heavy (non-hydrogen) atoms. The number of hydrogen-bond donors (Lipinski definition) is 2. The van der Waals surface area contributed by atoms with Crippen LogP contribution in [0.15, 0.2) is 108 Å². The lowest BCUT2D eigenvalue weighted by atomic mass is 9.94. The second-order valence-electron chi connectivity index (χ2n) is 11.4. The second kappa shape index (κ2) is 11.0. The van der Waals surface area contributed by atoms with Crippen LogP contribution in [-0.4, -0.2) is 32.4 Å². The first-order valence-electron chi connectivity index (χ1n) is 14.5. The van der Waals surface area contributed by atoms with Crippen LogP contribution in [0.25, 0.3) is 22.3 Å². The molecule has 2 N–H and O–H groups in total. The van der Waals surface area contributed by atoms with Gasteiger partial charge in [0, 0.05) is 18.0 Å². The predicted molar refractivity (Wildman–Crippen MR) is 168 cm³/mol. The maximum Gasteiger partial charge on any atom is 0.256 e. The molecule has 7 rings (SSSR count). The Bertz CT molecular complexity index is 1860. The normalized spacial score (nSPS) is 15.9. The number of benzene rings is 4. The van der Waals surface area contributed by atoms with E-state index in [-0.39, 0.29) is 17.5 Å². The number of aliphatic hydroxyl groups excluding tert-OH is 1. The minimum atomic E-state index is -1.34. The van der Waals surface area contributed by atoms with Gasteiger partial charge in [-0.15, -0.1) is 0 Å². The molecule has 4 aromatic carbocycles. The number of aliphatic hydroxyl groups is 1. The van der Waals surface area contributed by atoms with Gasteiger partial charge in [0.05, 0.1) is 23.2 Å². The Morgan fingerprint density at radius 2 is 1.51 bits per heavy atom. The Hall–Kier alpha value is -4.52. The maximum atomic E-state index is 13.4. The third-order valence-corrected chi connectivity index (χ3v) is 8.99. The van der Waals surface area contributed by atoms with E-state index < -0.39 is 12.0 Å². The van der Waals surface area contributed by atoms with Crippen molar-refractivity contribution in [1.29, 1.82) is 0 Å². The molecular weight excluding hydrogens is 558 g/mol. The molecule has 214 valence electrons. The van der Waals surface area contributed by atoms with Crippen molar-refractivity contribution in [2.45, 2.75) is 37.3 Å². The molecule has 0 radical (unpaired) electrons. The molecule has 2 aliphatic rings. The van der Waals surface area contributed by atoms with Crippen molar-refractivity contribution in [3.8, 4) is 22.3 Å². The number of aromatic nitrogens is 2. The standard InChI is InChI=1S/C36H30ClN3O3/c37-29-15-13-24(14-16-29)23-9-11-25(12-10-23)26-5-4-6-27(21-26)32(41)34(43)40-20-17-31-30(22-40)33(42)39-35(38-31)36(18-19-36)28-7-2-1-3-8-28/h1-16,21,32,41H,17-20,22H2,(H,38,39,42). The molecule has 1 aromatic heterocycles. The number of nitrogens with zero attached hydrogens (tertiary/aromatic N) is 2. The lowest BCUT2D eigenvalue weighted by Gasteiger charge is -2.30. The summed E-state index contributed by atoms with van der Waals surface area (Å²) in [6.45, 7) is 0.515. The summed E-state index contributed by atoms with van der Waals surface area (Å²) in [5, 5.41) is 11.8. The molecule has 5 aromatic rings. The van der Waals surface area contributed by atoms with E-state index in [2.05, 4.69) is 17.1 Å². The van der Waals surface area contributed by atoms with Gasteiger partial charge in [-0.3, -0.25) is 9.59 Å². The van der Waals surface area contributed by atoms with Gasteiger partial charge in [-0.1, -0.05) is 96.5 Å². The third kappa shape index (κ3) is 5.18. The Labute approximate surface area is 254 Å². The van der Waals surface area contributed by atoms with Crippen molar-refractivity contribution in [2.24, 2.45) is 0 Å². The SMILES string of the molecule is O=C(C(O)c1cccc(-c2ccc(-c3ccc(Cl)cc3)cc2)c1)N1CCc2nc(C3(c4ccccc4)CC3)[nH]c(=O)c2C1. The molecule has 1 aliphatic carbocycles. The lowest BCUT2D eigenvalue weighted by molar-refractivity contribution is -0.141. The minimum absolute atomic E-state index is 0.123. The molecule has 0 spiro atoms. The number of hydrogen-bond acceptors (Lipinski definition) is 4. The van der Waals surface area contributed by atoms with Crippen molar-refractivity contribution < 1.29 is 9.90 Å². The summed E-state index contributed by atoms with van der Waals surface area (Å²) in [7, 11) is 0. The highest BCUT2D eigenvalue weighted by atomic mass is 35.5. The van der Waals surface area contributed by atoms with Gasteiger partial charge in [-0.05, 0) is 64.4 Å². The molecule has 1 fully saturated rings. The minimum Gasteiger partial charge on any atom is -0.378 e. The molecule has 1 atom stereocenters. The fraction of sp³-hybridized carbons (Fsp3) is 0.194. The first-order valence-corrected chi connectivity index (χ1v) is 14.9. The average molecular weight is 588 g/mol. The Kier molecular flexibility index (Phi) is 6.96. The first-order chi connectivity index (χ1) is 20.9. The Morgan fingerprint density at radius 3 is 2.19 bits per heavy atom. The van der Waals surface area contributed by atoms with Crippen molar-refractivity contribution in [1.82, 2.24) is 14.9 Å². The van der Waals surface area contributed by atoms with Gasteiger partial charge in [-0.25, -0.2) is 4.98 Å². The first kappa shape index (κ1) is 27.3. The van der Waals surface area contributed by atoms with Crippen LogP contribution in [0.2, 0.25) is 5.02 Å². The molecule has 1 saturated carbocycles. The molecule has 0 bridgehead atoms. The number of H-pyrrole nitrogens is 1. The highest BCUT2D eigenvalue weighted by molar-refractivity contribution is 6.30. The second-order valence-corrected chi connectivity index (χ2v) is 11.8. The zero-order valence-electron chi connectivity index (χ0n) is 23.5. The summed E-state index contributed by atoms with van der Waals surface area (Å²) >= 11 is 6.02. The molecule has 7 heteroatoms. The molecule has 6 nitrogen and oxygen atoms in total. The number of carbonyl (C=O) groups is 1. The molecule has 0 saturated heterocycles. The van der Waals surface area contributed by atoms with Crippen LogP contribution in [0.4, 0.5) is 0 Å². The largest absolute Gasteiger partial charge is 0.378 e. The van der Waals surface area contributed by atoms with Gasteiger partial charge in [-0.2, -0.15) is 0 Å². The van der Waals surface area contributed by atoms with E-state index in [0.717, 1.165) is 46.4 Å². The lowest BCUT2D eigenvalue weighted by Crippen LogP contribution is -2.42. The monoisotopic (exact) mass is 587 g/mol. The number of amides is 1. The summed E-state index contributed by atoms with van der Waals surface area (Å²) < 4.78 is 0. The average Bonchev–Trinajstić information content (AvgIpc) is 3.87. The van der Waals surface area contributed by atoms with Gasteiger partial charge in [0.2, 0.25) is 0 Å². The number of fused-ring (bicyclic) bond motifs is 1. The van der Waals surface area contributed by atoms with Crippen molar-refractivity contribution in [3.63, 3.8) is 0 Å². The molecular formula is C36H30ClN3O3. The van der Waals surface area contributed by atoms with Gasteiger partial charge >= 0.3 is 0 Å². The molecule has 2 heterocycles. The van der Waals surface area contributed by atoms with E-state index in [1.807, 2.05) is 84.9 Å². The zero-order valence-corrected chi connectivity index (χ0v) is 24.2. The number of aromatic amines is 1. The van der Waals surface area contributed by atoms with Gasteiger partial charge in [0.1, 0.15) is 5.82 Å². The van der Waals surface area contributed by atoms with Gasteiger partial charge in [0.25, 0.3) is 11.5 Å². The van der Waals surface area contributed by atoms with Crippen molar-refractivity contribution >= 4 is 17.5 Å². The van der Waals surface area contributed by atoms with E-state index >= 15 is 0 Å². The fourth-order valence-electron chi connectivity index (χ4n) is 6.09. The summed E-state index contributed by atoms with van der Waals surface area (Å²) in [5.41, 5.74) is 6.48. The van der Waals surface area contributed by atoms with Crippen LogP contribution < -0.4 is 5.56 Å². The smallest absolute Gasteiger partial charge is 0.256 e.